The van der Waals surface area contributed by atoms with Gasteiger partial charge in [-0.25, -0.2) is 4.39 Å². The zero-order chi connectivity index (χ0) is 14.5. The highest BCUT2D eigenvalue weighted by molar-refractivity contribution is 5.38. The molecule has 0 saturated carbocycles. The van der Waals surface area contributed by atoms with E-state index in [4.69, 9.17) is 15.7 Å². The van der Waals surface area contributed by atoms with Gasteiger partial charge in [-0.15, -0.1) is 0 Å². The van der Waals surface area contributed by atoms with Gasteiger partial charge in [0.2, 0.25) is 0 Å². The molecule has 4 heteroatoms. The third kappa shape index (κ3) is 3.14. The second kappa shape index (κ2) is 6.18. The summed E-state index contributed by atoms with van der Waals surface area (Å²) in [6, 6.07) is 11.9. The van der Waals surface area contributed by atoms with Gasteiger partial charge in [0.25, 0.3) is 0 Å². The van der Waals surface area contributed by atoms with Gasteiger partial charge in [0.1, 0.15) is 18.2 Å². The van der Waals surface area contributed by atoms with Crippen molar-refractivity contribution in [3.63, 3.8) is 0 Å². The lowest BCUT2D eigenvalue weighted by atomic mass is 10.1. The fourth-order valence-corrected chi connectivity index (χ4v) is 1.92. The Labute approximate surface area is 117 Å². The molecular weight excluding hydrogens is 255 g/mol. The summed E-state index contributed by atoms with van der Waals surface area (Å²) in [5.41, 5.74) is 8.40. The fourth-order valence-electron chi connectivity index (χ4n) is 1.92. The highest BCUT2D eigenvalue weighted by atomic mass is 19.1. The number of hydrogen-bond donors (Lipinski definition) is 1. The topological polar surface area (TPSA) is 59.0 Å². The van der Waals surface area contributed by atoms with E-state index in [2.05, 4.69) is 0 Å². The maximum atomic E-state index is 13.6. The predicted molar refractivity (Wildman–Crippen MR) is 74.5 cm³/mol. The van der Waals surface area contributed by atoms with Crippen LogP contribution in [0.1, 0.15) is 22.3 Å². The summed E-state index contributed by atoms with van der Waals surface area (Å²) >= 11 is 0. The molecule has 102 valence electrons. The van der Waals surface area contributed by atoms with Crippen molar-refractivity contribution < 1.29 is 9.13 Å². The molecule has 0 aromatic heterocycles. The van der Waals surface area contributed by atoms with E-state index >= 15 is 0 Å². The smallest absolute Gasteiger partial charge is 0.129 e. The molecule has 2 aromatic carbocycles. The molecule has 0 atom stereocenters. The van der Waals surface area contributed by atoms with Crippen molar-refractivity contribution in [3.05, 3.63) is 64.5 Å². The first-order valence-corrected chi connectivity index (χ1v) is 6.25. The van der Waals surface area contributed by atoms with Gasteiger partial charge in [-0.05, 0) is 31.2 Å². The van der Waals surface area contributed by atoms with Crippen molar-refractivity contribution >= 4 is 0 Å². The normalized spacial score (nSPS) is 10.1. The van der Waals surface area contributed by atoms with E-state index in [1.54, 1.807) is 0 Å². The standard InChI is InChI=1S/C16H15FN2O/c1-11-2-5-16(13(6-11)9-19)20-10-14-7-12(8-18)3-4-15(14)17/h2-7H,9-10,19H2,1H3. The molecule has 0 aliphatic heterocycles. The molecular formula is C16H15FN2O. The molecule has 20 heavy (non-hydrogen) atoms. The first kappa shape index (κ1) is 14.0. The average Bonchev–Trinajstić information content (AvgIpc) is 2.47. The van der Waals surface area contributed by atoms with Crippen LogP contribution in [0.4, 0.5) is 4.39 Å². The van der Waals surface area contributed by atoms with Crippen LogP contribution >= 0.6 is 0 Å². The Morgan fingerprint density at radius 2 is 2.00 bits per heavy atom. The molecule has 0 bridgehead atoms. The Morgan fingerprint density at radius 1 is 1.20 bits per heavy atom. The monoisotopic (exact) mass is 270 g/mol. The van der Waals surface area contributed by atoms with Crippen LogP contribution in [0.2, 0.25) is 0 Å². The molecule has 0 aliphatic carbocycles. The summed E-state index contributed by atoms with van der Waals surface area (Å²) in [5, 5.41) is 8.82. The van der Waals surface area contributed by atoms with Crippen LogP contribution < -0.4 is 10.5 Å². The Hall–Kier alpha value is -2.38. The number of rotatable bonds is 4. The van der Waals surface area contributed by atoms with E-state index in [-0.39, 0.29) is 12.4 Å². The average molecular weight is 270 g/mol. The molecule has 0 fully saturated rings. The minimum Gasteiger partial charge on any atom is -0.488 e. The summed E-state index contributed by atoms with van der Waals surface area (Å²) in [5.74, 6) is 0.255. The predicted octanol–water partition coefficient (Wildman–Crippen LogP) is 3.04. The summed E-state index contributed by atoms with van der Waals surface area (Å²) in [7, 11) is 0. The van der Waals surface area contributed by atoms with E-state index < -0.39 is 0 Å². The quantitative estimate of drug-likeness (QED) is 0.929. The van der Waals surface area contributed by atoms with Crippen LogP contribution in [-0.2, 0) is 13.2 Å². The number of nitrogens with zero attached hydrogens (tertiary/aromatic N) is 1. The van der Waals surface area contributed by atoms with Crippen molar-refractivity contribution in [1.29, 1.82) is 5.26 Å². The van der Waals surface area contributed by atoms with Gasteiger partial charge >= 0.3 is 0 Å². The molecule has 0 radical (unpaired) electrons. The van der Waals surface area contributed by atoms with Crippen LogP contribution in [0.25, 0.3) is 0 Å². The zero-order valence-electron chi connectivity index (χ0n) is 11.2. The zero-order valence-corrected chi connectivity index (χ0v) is 11.2. The van der Waals surface area contributed by atoms with Crippen LogP contribution in [0, 0.1) is 24.1 Å². The van der Waals surface area contributed by atoms with Crippen molar-refractivity contribution in [2.45, 2.75) is 20.1 Å². The molecule has 0 amide bonds. The van der Waals surface area contributed by atoms with Gasteiger partial charge in [-0.3, -0.25) is 0 Å². The van der Waals surface area contributed by atoms with Crippen LogP contribution in [0.5, 0.6) is 5.75 Å². The number of halogens is 1. The van der Waals surface area contributed by atoms with Crippen molar-refractivity contribution in [2.24, 2.45) is 5.73 Å². The van der Waals surface area contributed by atoms with Crippen LogP contribution in [0.15, 0.2) is 36.4 Å². The van der Waals surface area contributed by atoms with Crippen molar-refractivity contribution in [3.8, 4) is 11.8 Å². The molecule has 0 unspecified atom stereocenters. The maximum Gasteiger partial charge on any atom is 0.129 e. The SMILES string of the molecule is Cc1ccc(OCc2cc(C#N)ccc2F)c(CN)c1. The van der Waals surface area contributed by atoms with E-state index in [1.165, 1.54) is 18.2 Å². The second-order valence-corrected chi connectivity index (χ2v) is 4.52. The summed E-state index contributed by atoms with van der Waals surface area (Å²) in [6.45, 7) is 2.40. The summed E-state index contributed by atoms with van der Waals surface area (Å²) in [4.78, 5) is 0. The summed E-state index contributed by atoms with van der Waals surface area (Å²) < 4.78 is 19.3. The van der Waals surface area contributed by atoms with Gasteiger partial charge in [0, 0.05) is 17.7 Å². The number of benzene rings is 2. The highest BCUT2D eigenvalue weighted by Crippen LogP contribution is 2.21. The Bertz CT molecular complexity index is 662. The third-order valence-electron chi connectivity index (χ3n) is 2.99. The molecule has 0 saturated heterocycles. The second-order valence-electron chi connectivity index (χ2n) is 4.52. The molecule has 0 heterocycles. The van der Waals surface area contributed by atoms with E-state index in [9.17, 15) is 4.39 Å². The molecule has 3 nitrogen and oxygen atoms in total. The number of nitriles is 1. The first-order valence-electron chi connectivity index (χ1n) is 6.25. The van der Waals surface area contributed by atoms with Crippen LogP contribution in [0.3, 0.4) is 0 Å². The minimum atomic E-state index is -0.384. The largest absolute Gasteiger partial charge is 0.488 e. The van der Waals surface area contributed by atoms with Crippen molar-refractivity contribution in [2.75, 3.05) is 0 Å². The number of hydrogen-bond acceptors (Lipinski definition) is 3. The maximum absolute atomic E-state index is 13.6. The first-order chi connectivity index (χ1) is 9.63. The van der Waals surface area contributed by atoms with E-state index in [1.807, 2.05) is 31.2 Å². The molecule has 0 spiro atoms. The molecule has 2 rings (SSSR count). The lowest BCUT2D eigenvalue weighted by Gasteiger charge is -2.12. The lowest BCUT2D eigenvalue weighted by Crippen LogP contribution is -2.04. The number of nitrogens with two attached hydrogens (primary N) is 1. The van der Waals surface area contributed by atoms with Gasteiger partial charge in [0.05, 0.1) is 11.6 Å². The number of ether oxygens (including phenoxy) is 1. The minimum absolute atomic E-state index is 0.0669. The highest BCUT2D eigenvalue weighted by Gasteiger charge is 2.07. The van der Waals surface area contributed by atoms with Gasteiger partial charge < -0.3 is 10.5 Å². The van der Waals surface area contributed by atoms with Gasteiger partial charge in [0.15, 0.2) is 0 Å². The number of aryl methyl sites for hydroxylation is 1. The van der Waals surface area contributed by atoms with Gasteiger partial charge in [-0.1, -0.05) is 17.7 Å². The Balaban J connectivity index is 2.19. The molecule has 2 N–H and O–H groups in total. The molecule has 2 aromatic rings. The molecule has 0 aliphatic rings. The third-order valence-corrected chi connectivity index (χ3v) is 2.99. The Morgan fingerprint density at radius 3 is 2.70 bits per heavy atom. The van der Waals surface area contributed by atoms with Crippen LogP contribution in [-0.4, -0.2) is 0 Å². The Kier molecular flexibility index (Phi) is 4.34. The summed E-state index contributed by atoms with van der Waals surface area (Å²) in [6.07, 6.45) is 0. The van der Waals surface area contributed by atoms with Gasteiger partial charge in [-0.2, -0.15) is 5.26 Å². The van der Waals surface area contributed by atoms with Crippen molar-refractivity contribution in [1.82, 2.24) is 0 Å². The lowest BCUT2D eigenvalue weighted by molar-refractivity contribution is 0.296. The fraction of sp³-hybridized carbons (Fsp3) is 0.188. The van der Waals surface area contributed by atoms with E-state index in [0.717, 1.165) is 11.1 Å². The van der Waals surface area contributed by atoms with E-state index in [0.29, 0.717) is 23.4 Å².